The molecule has 1 heterocycles. The third-order valence-corrected chi connectivity index (χ3v) is 8.08. The molecule has 1 saturated heterocycles. The summed E-state index contributed by atoms with van der Waals surface area (Å²) < 4.78 is 49.7. The van der Waals surface area contributed by atoms with Crippen LogP contribution in [0.15, 0.2) is 36.4 Å². The maximum absolute atomic E-state index is 16.0. The summed E-state index contributed by atoms with van der Waals surface area (Å²) in [6.45, 7) is 0.0793. The predicted molar refractivity (Wildman–Crippen MR) is 124 cm³/mol. The number of hydrogen-bond acceptors (Lipinski definition) is 6. The number of aryl methyl sites for hydroxylation is 1. The number of nitrogens with zero attached hydrogens (tertiary/aromatic N) is 1. The van der Waals surface area contributed by atoms with E-state index in [1.54, 1.807) is 6.07 Å². The molecule has 2 aliphatic carbocycles. The molecule has 3 aliphatic rings. The molecule has 1 aliphatic heterocycles. The number of carbonyl (C=O) groups is 1. The van der Waals surface area contributed by atoms with Crippen molar-refractivity contribution in [3.05, 3.63) is 58.9 Å². The van der Waals surface area contributed by atoms with E-state index in [0.29, 0.717) is 30.9 Å². The predicted octanol–water partition coefficient (Wildman–Crippen LogP) is 1.80. The first-order valence-electron chi connectivity index (χ1n) is 11.6. The number of hydrogen-bond donors (Lipinski definition) is 3. The third-order valence-electron chi connectivity index (χ3n) is 6.70. The number of anilines is 1. The molecule has 0 aromatic heterocycles. The number of aliphatic hydroxyl groups is 1. The van der Waals surface area contributed by atoms with Crippen molar-refractivity contribution in [1.82, 2.24) is 10.0 Å². The largest absolute Gasteiger partial charge is 0.487 e. The lowest BCUT2D eigenvalue weighted by molar-refractivity contribution is -0.117. The fraction of sp³-hybridized carbons (Fsp3) is 0.458. The van der Waals surface area contributed by atoms with Gasteiger partial charge in [-0.05, 0) is 60.8 Å². The zero-order valence-corrected chi connectivity index (χ0v) is 19.5. The molecular formula is C24H28FN3O5S. The Kier molecular flexibility index (Phi) is 6.22. The Balaban J connectivity index is 1.45. The van der Waals surface area contributed by atoms with Crippen LogP contribution in [0.5, 0.6) is 5.75 Å². The maximum Gasteiger partial charge on any atom is 0.326 e. The first-order valence-corrected chi connectivity index (χ1v) is 13.0. The molecule has 34 heavy (non-hydrogen) atoms. The van der Waals surface area contributed by atoms with Gasteiger partial charge in [-0.25, -0.2) is 13.4 Å². The van der Waals surface area contributed by atoms with Crippen LogP contribution in [-0.4, -0.2) is 44.7 Å². The first-order chi connectivity index (χ1) is 16.3. The molecule has 3 N–H and O–H groups in total. The Hall–Kier alpha value is -2.69. The minimum absolute atomic E-state index is 0.0331. The summed E-state index contributed by atoms with van der Waals surface area (Å²) in [5.41, 5.74) is 1.79. The summed E-state index contributed by atoms with van der Waals surface area (Å²) in [4.78, 5) is 11.9. The molecule has 2 unspecified atom stereocenters. The molecule has 0 spiro atoms. The number of ether oxygens (including phenoxy) is 1. The number of halogens is 1. The molecule has 1 amide bonds. The second-order valence-corrected chi connectivity index (χ2v) is 10.8. The zero-order valence-electron chi connectivity index (χ0n) is 18.7. The molecule has 182 valence electrons. The van der Waals surface area contributed by atoms with Crippen molar-refractivity contribution < 1.29 is 27.4 Å². The SMILES string of the molecule is O=C1CN(c2c(OCc3ccccc3)cc3c(c2F)CC(NCC(O)C2CC2)CC3)S(=O)(=O)N1. The van der Waals surface area contributed by atoms with Crippen molar-refractivity contribution in [2.75, 3.05) is 17.4 Å². The van der Waals surface area contributed by atoms with Crippen molar-refractivity contribution in [1.29, 1.82) is 0 Å². The Morgan fingerprint density at radius 1 is 1.24 bits per heavy atom. The van der Waals surface area contributed by atoms with E-state index in [9.17, 15) is 18.3 Å². The van der Waals surface area contributed by atoms with E-state index in [-0.39, 0.29) is 24.1 Å². The van der Waals surface area contributed by atoms with E-state index in [2.05, 4.69) is 5.32 Å². The number of fused-ring (bicyclic) bond motifs is 1. The highest BCUT2D eigenvalue weighted by Gasteiger charge is 2.39. The fourth-order valence-electron chi connectivity index (χ4n) is 4.66. The summed E-state index contributed by atoms with van der Waals surface area (Å²) in [7, 11) is -4.22. The highest BCUT2D eigenvalue weighted by atomic mass is 32.2. The van der Waals surface area contributed by atoms with Crippen LogP contribution < -0.4 is 19.1 Å². The smallest absolute Gasteiger partial charge is 0.326 e. The number of rotatable bonds is 8. The van der Waals surface area contributed by atoms with Crippen LogP contribution in [0.2, 0.25) is 0 Å². The molecule has 1 saturated carbocycles. The average Bonchev–Trinajstić information content (AvgIpc) is 3.62. The lowest BCUT2D eigenvalue weighted by atomic mass is 9.87. The summed E-state index contributed by atoms with van der Waals surface area (Å²) in [6.07, 6.45) is 3.40. The van der Waals surface area contributed by atoms with Crippen molar-refractivity contribution in [2.24, 2.45) is 5.92 Å². The molecule has 10 heteroatoms. The van der Waals surface area contributed by atoms with Gasteiger partial charge in [-0.2, -0.15) is 8.42 Å². The molecule has 2 fully saturated rings. The van der Waals surface area contributed by atoms with Crippen molar-refractivity contribution in [3.63, 3.8) is 0 Å². The third kappa shape index (κ3) is 4.75. The molecular weight excluding hydrogens is 461 g/mol. The second kappa shape index (κ2) is 9.16. The quantitative estimate of drug-likeness (QED) is 0.522. The fourth-order valence-corrected chi connectivity index (χ4v) is 5.82. The van der Waals surface area contributed by atoms with Crippen LogP contribution in [0.1, 0.15) is 36.0 Å². The van der Waals surface area contributed by atoms with Crippen LogP contribution >= 0.6 is 0 Å². The van der Waals surface area contributed by atoms with Crippen LogP contribution in [0.4, 0.5) is 10.1 Å². The monoisotopic (exact) mass is 489 g/mol. The van der Waals surface area contributed by atoms with Crippen molar-refractivity contribution in [2.45, 2.75) is 50.9 Å². The van der Waals surface area contributed by atoms with Gasteiger partial charge in [-0.3, -0.25) is 4.79 Å². The number of benzene rings is 2. The van der Waals surface area contributed by atoms with Crippen LogP contribution in [0.3, 0.4) is 0 Å². The molecule has 2 aromatic carbocycles. The number of amides is 1. The van der Waals surface area contributed by atoms with Gasteiger partial charge in [0.15, 0.2) is 5.82 Å². The van der Waals surface area contributed by atoms with Gasteiger partial charge in [-0.15, -0.1) is 0 Å². The summed E-state index contributed by atoms with van der Waals surface area (Å²) in [6, 6.07) is 11.0. The lowest BCUT2D eigenvalue weighted by Crippen LogP contribution is -2.40. The van der Waals surface area contributed by atoms with Crippen LogP contribution in [-0.2, 0) is 34.5 Å². The topological polar surface area (TPSA) is 108 Å². The van der Waals surface area contributed by atoms with E-state index in [4.69, 9.17) is 4.74 Å². The molecule has 5 rings (SSSR count). The lowest BCUT2D eigenvalue weighted by Gasteiger charge is -2.30. The van der Waals surface area contributed by atoms with Crippen LogP contribution in [0.25, 0.3) is 0 Å². The van der Waals surface area contributed by atoms with E-state index < -0.39 is 34.6 Å². The van der Waals surface area contributed by atoms with Crippen molar-refractivity contribution in [3.8, 4) is 5.75 Å². The Morgan fingerprint density at radius 2 is 2.00 bits per heavy atom. The molecule has 2 atom stereocenters. The van der Waals surface area contributed by atoms with E-state index in [1.807, 2.05) is 35.1 Å². The summed E-state index contributed by atoms with van der Waals surface area (Å²) in [5.74, 6) is -0.966. The second-order valence-electron chi connectivity index (χ2n) is 9.24. The Bertz CT molecular complexity index is 1190. The molecule has 2 aromatic rings. The first kappa shape index (κ1) is 23.1. The van der Waals surface area contributed by atoms with Gasteiger partial charge in [0, 0.05) is 12.6 Å². The highest BCUT2D eigenvalue weighted by Crippen LogP contribution is 2.41. The summed E-state index contributed by atoms with van der Waals surface area (Å²) >= 11 is 0. The van der Waals surface area contributed by atoms with E-state index in [0.717, 1.165) is 34.7 Å². The Labute approximate surface area is 198 Å². The van der Waals surface area contributed by atoms with Crippen molar-refractivity contribution >= 4 is 21.8 Å². The molecule has 8 nitrogen and oxygen atoms in total. The standard InChI is InChI=1S/C24H28FN3O5S/c25-23-19-11-18(26-12-20(29)16-6-7-16)9-8-17(19)10-21(33-14-15-4-2-1-3-5-15)24(23)28-13-22(30)27-34(28,31)32/h1-5,10,16,18,20,26,29H,6-9,11-14H2,(H,27,30). The number of aliphatic hydroxyl groups excluding tert-OH is 1. The van der Waals surface area contributed by atoms with Gasteiger partial charge in [0.2, 0.25) is 0 Å². The van der Waals surface area contributed by atoms with Gasteiger partial charge in [0.1, 0.15) is 24.6 Å². The highest BCUT2D eigenvalue weighted by molar-refractivity contribution is 7.92. The normalized spacial score (nSPS) is 22.2. The van der Waals surface area contributed by atoms with Crippen LogP contribution in [0, 0.1) is 11.7 Å². The minimum atomic E-state index is -4.22. The van der Waals surface area contributed by atoms with Gasteiger partial charge in [-0.1, -0.05) is 30.3 Å². The minimum Gasteiger partial charge on any atom is -0.487 e. The van der Waals surface area contributed by atoms with E-state index >= 15 is 4.39 Å². The zero-order chi connectivity index (χ0) is 23.9. The number of nitrogens with one attached hydrogen (secondary N) is 2. The van der Waals surface area contributed by atoms with Gasteiger partial charge in [0.05, 0.1) is 6.10 Å². The summed E-state index contributed by atoms with van der Waals surface area (Å²) in [5, 5.41) is 13.5. The van der Waals surface area contributed by atoms with Gasteiger partial charge >= 0.3 is 10.2 Å². The van der Waals surface area contributed by atoms with Gasteiger partial charge in [0.25, 0.3) is 5.91 Å². The molecule has 0 bridgehead atoms. The van der Waals surface area contributed by atoms with Gasteiger partial charge < -0.3 is 15.2 Å². The number of carbonyl (C=O) groups excluding carboxylic acids is 1. The molecule has 0 radical (unpaired) electrons. The average molecular weight is 490 g/mol. The maximum atomic E-state index is 16.0. The van der Waals surface area contributed by atoms with E-state index in [1.165, 1.54) is 0 Å². The Morgan fingerprint density at radius 3 is 2.68 bits per heavy atom.